The molecule has 0 saturated carbocycles. The van der Waals surface area contributed by atoms with Gasteiger partial charge in [0.1, 0.15) is 22.8 Å². The highest BCUT2D eigenvalue weighted by molar-refractivity contribution is 8.00. The van der Waals surface area contributed by atoms with Crippen LogP contribution < -0.4 is 11.1 Å². The van der Waals surface area contributed by atoms with Crippen molar-refractivity contribution in [2.75, 3.05) is 11.5 Å². The highest BCUT2D eigenvalue weighted by Crippen LogP contribution is 2.45. The van der Waals surface area contributed by atoms with Crippen LogP contribution in [-0.4, -0.2) is 92.3 Å². The Morgan fingerprint density at radius 3 is 2.55 bits per heavy atom. The molecule has 3 atom stereocenters. The lowest BCUT2D eigenvalue weighted by atomic mass is 10.00. The highest BCUT2D eigenvalue weighted by atomic mass is 32.2. The maximum Gasteiger partial charge on any atom is 0.375 e. The first-order valence-electron chi connectivity index (χ1n) is 13.4. The number of carbonyl (C=O) groups is 5. The van der Waals surface area contributed by atoms with Crippen LogP contribution in [0.15, 0.2) is 58.2 Å². The fourth-order valence-electron chi connectivity index (χ4n) is 4.86. The maximum absolute atomic E-state index is 13.4. The van der Waals surface area contributed by atoms with Crippen molar-refractivity contribution < 1.29 is 39.0 Å². The molecule has 2 aliphatic rings. The van der Waals surface area contributed by atoms with Crippen molar-refractivity contribution in [2.45, 2.75) is 23.6 Å². The lowest BCUT2D eigenvalue weighted by Gasteiger charge is -2.49. The maximum atomic E-state index is 13.4. The summed E-state index contributed by atoms with van der Waals surface area (Å²) in [4.78, 5) is 81.5. The monoisotopic (exact) mass is 695 g/mol. The van der Waals surface area contributed by atoms with Crippen LogP contribution in [0.25, 0.3) is 5.78 Å². The van der Waals surface area contributed by atoms with Gasteiger partial charge in [-0.3, -0.25) is 14.5 Å². The molecule has 20 heteroatoms. The van der Waals surface area contributed by atoms with Gasteiger partial charge in [0.15, 0.2) is 10.8 Å². The number of aliphatic carboxylic acids is 1. The molecule has 5 heterocycles. The number of nitrogens with zero attached hydrogens (tertiary/aromatic N) is 7. The predicted octanol–water partition coefficient (Wildman–Crippen LogP) is 1.14. The molecule has 6 rings (SSSR count). The SMILES string of the molecule is Cc1cc(C(S)C2=C(C(=O)O)N3C(=O)[C@@H](NC(=O)C(=NOC(=O)c4ccccc4)c4csc(N)n4)[C@H]3SC2)n2nc(C(=O)O)nc2n1. The van der Waals surface area contributed by atoms with E-state index < -0.39 is 57.9 Å². The molecule has 1 saturated heterocycles. The second kappa shape index (κ2) is 12.5. The van der Waals surface area contributed by atoms with Crippen molar-refractivity contribution in [3.05, 3.63) is 81.5 Å². The Morgan fingerprint density at radius 2 is 1.89 bits per heavy atom. The molecule has 1 fully saturated rings. The summed E-state index contributed by atoms with van der Waals surface area (Å²) in [6.45, 7) is 1.64. The topological polar surface area (TPSA) is 245 Å². The minimum absolute atomic E-state index is 0.00441. The number of oxime groups is 1. The molecule has 0 radical (unpaired) electrons. The number of amides is 2. The van der Waals surface area contributed by atoms with E-state index in [2.05, 4.69) is 43.2 Å². The van der Waals surface area contributed by atoms with Crippen LogP contribution >= 0.6 is 35.7 Å². The van der Waals surface area contributed by atoms with E-state index in [1.165, 1.54) is 29.3 Å². The number of nitrogens with two attached hydrogens (primary N) is 1. The zero-order valence-corrected chi connectivity index (χ0v) is 26.3. The molecule has 17 nitrogen and oxygen atoms in total. The Balaban J connectivity index is 1.26. The van der Waals surface area contributed by atoms with E-state index >= 15 is 0 Å². The smallest absolute Gasteiger partial charge is 0.375 e. The molecule has 240 valence electrons. The third-order valence-electron chi connectivity index (χ3n) is 6.97. The summed E-state index contributed by atoms with van der Waals surface area (Å²) in [5.74, 6) is -5.74. The van der Waals surface area contributed by atoms with Gasteiger partial charge in [-0.05, 0) is 30.7 Å². The number of thioether (sulfide) groups is 1. The molecule has 1 aromatic carbocycles. The van der Waals surface area contributed by atoms with Crippen molar-refractivity contribution >= 4 is 82.1 Å². The number of aryl methyl sites for hydroxylation is 1. The lowest BCUT2D eigenvalue weighted by Crippen LogP contribution is -2.71. The van der Waals surface area contributed by atoms with E-state index in [1.54, 1.807) is 31.2 Å². The first-order valence-corrected chi connectivity index (χ1v) is 15.8. The minimum atomic E-state index is -1.41. The number of aromatic carboxylic acids is 1. The number of fused-ring (bicyclic) bond motifs is 2. The van der Waals surface area contributed by atoms with Gasteiger partial charge in [0, 0.05) is 16.8 Å². The molecule has 2 aliphatic heterocycles. The van der Waals surface area contributed by atoms with Crippen molar-refractivity contribution in [3.8, 4) is 0 Å². The molecule has 5 N–H and O–H groups in total. The molecule has 0 aliphatic carbocycles. The van der Waals surface area contributed by atoms with Gasteiger partial charge >= 0.3 is 17.9 Å². The summed E-state index contributed by atoms with van der Waals surface area (Å²) in [5.41, 5.74) is 6.10. The van der Waals surface area contributed by atoms with Crippen molar-refractivity contribution in [2.24, 2.45) is 5.16 Å². The molecule has 0 bridgehead atoms. The Bertz CT molecular complexity index is 2040. The Morgan fingerprint density at radius 1 is 1.15 bits per heavy atom. The average molecular weight is 696 g/mol. The van der Waals surface area contributed by atoms with E-state index in [0.29, 0.717) is 5.69 Å². The van der Waals surface area contributed by atoms with E-state index in [-0.39, 0.29) is 44.9 Å². The van der Waals surface area contributed by atoms with E-state index in [4.69, 9.17) is 10.6 Å². The van der Waals surface area contributed by atoms with Crippen molar-refractivity contribution in [1.29, 1.82) is 0 Å². The Kier molecular flexibility index (Phi) is 8.38. The standard InChI is InChI=1S/C27H21N9O8S3/c1-10-7-14(36-27(29-10)32-19(33-36)24(41)42)18(45)12-8-46-22-16(21(38)35(22)17(12)23(39)40)31-20(37)15(13-9-47-26(28)30-13)34-44-25(43)11-5-3-2-4-6-11/h2-7,9,16,18,22,45H,8H2,1H3,(H2,28,30)(H,31,37)(H,39,40)(H,41,42)/t16-,18?,22-/m1/s1. The number of carbonyl (C=O) groups excluding carboxylic acids is 3. The molecule has 1 unspecified atom stereocenters. The summed E-state index contributed by atoms with van der Waals surface area (Å²) in [6, 6.07) is 8.33. The van der Waals surface area contributed by atoms with Gasteiger partial charge in [-0.15, -0.1) is 28.2 Å². The van der Waals surface area contributed by atoms with E-state index in [1.807, 2.05) is 0 Å². The van der Waals surface area contributed by atoms with Crippen LogP contribution in [0.1, 0.15) is 43.3 Å². The second-order valence-electron chi connectivity index (χ2n) is 9.97. The third-order valence-corrected chi connectivity index (χ3v) is 9.52. The van der Waals surface area contributed by atoms with Crippen molar-refractivity contribution in [1.82, 2.24) is 34.8 Å². The van der Waals surface area contributed by atoms with Gasteiger partial charge in [0.2, 0.25) is 0 Å². The zero-order chi connectivity index (χ0) is 33.6. The first kappa shape index (κ1) is 31.6. The molecule has 3 aromatic heterocycles. The molecular formula is C27H21N9O8S3. The Hall–Kier alpha value is -5.34. The van der Waals surface area contributed by atoms with Crippen LogP contribution in [0.4, 0.5) is 5.13 Å². The minimum Gasteiger partial charge on any atom is -0.477 e. The number of anilines is 1. The molecule has 2 amide bonds. The van der Waals surface area contributed by atoms with Gasteiger partial charge in [0.25, 0.3) is 23.4 Å². The highest BCUT2D eigenvalue weighted by Gasteiger charge is 2.55. The van der Waals surface area contributed by atoms with Gasteiger partial charge in [0.05, 0.1) is 16.5 Å². The number of thiazole rings is 1. The van der Waals surface area contributed by atoms with E-state index in [9.17, 15) is 34.2 Å². The number of rotatable bonds is 9. The van der Waals surface area contributed by atoms with Crippen LogP contribution in [0.3, 0.4) is 0 Å². The zero-order valence-electron chi connectivity index (χ0n) is 23.8. The second-order valence-corrected chi connectivity index (χ2v) is 12.5. The van der Waals surface area contributed by atoms with Crippen LogP contribution in [0, 0.1) is 6.92 Å². The predicted molar refractivity (Wildman–Crippen MR) is 169 cm³/mol. The number of carboxylic acids is 2. The number of hydrogen-bond acceptors (Lipinski definition) is 15. The number of thiol groups is 1. The summed E-state index contributed by atoms with van der Waals surface area (Å²) < 4.78 is 1.16. The molecule has 0 spiro atoms. The fraction of sp³-hybridized carbons (Fsp3) is 0.185. The van der Waals surface area contributed by atoms with Gasteiger partial charge in [-0.25, -0.2) is 24.4 Å². The lowest BCUT2D eigenvalue weighted by molar-refractivity contribution is -0.150. The van der Waals surface area contributed by atoms with E-state index in [0.717, 1.165) is 20.8 Å². The van der Waals surface area contributed by atoms with Gasteiger partial charge in [-0.1, -0.05) is 23.4 Å². The number of aromatic nitrogens is 5. The molecule has 4 aromatic rings. The number of hydrogen-bond donors (Lipinski definition) is 5. The fourth-order valence-corrected chi connectivity index (χ4v) is 7.31. The summed E-state index contributed by atoms with van der Waals surface area (Å²) in [7, 11) is 0. The number of carboxylic acid groups (broad SMARTS) is 2. The Labute approximate surface area is 276 Å². The number of β-lactam (4-membered cyclic amide) rings is 1. The first-order chi connectivity index (χ1) is 22.4. The number of nitrogens with one attached hydrogen (secondary N) is 1. The van der Waals surface area contributed by atoms with Crippen molar-refractivity contribution in [3.63, 3.8) is 0 Å². The third kappa shape index (κ3) is 5.88. The van der Waals surface area contributed by atoms with Crippen LogP contribution in [0.2, 0.25) is 0 Å². The summed E-state index contributed by atoms with van der Waals surface area (Å²) in [6.07, 6.45) is 0. The summed E-state index contributed by atoms with van der Waals surface area (Å²) in [5, 5.41) is 29.6. The number of nitrogen functional groups attached to an aromatic ring is 1. The summed E-state index contributed by atoms with van der Waals surface area (Å²) >= 11 is 6.84. The quantitative estimate of drug-likeness (QED) is 0.0542. The van der Waals surface area contributed by atoms with Gasteiger partial charge < -0.3 is 26.1 Å². The van der Waals surface area contributed by atoms with Gasteiger partial charge in [-0.2, -0.15) is 22.1 Å². The number of benzene rings is 1. The largest absolute Gasteiger partial charge is 0.477 e. The van der Waals surface area contributed by atoms with Crippen LogP contribution in [-0.2, 0) is 19.2 Å². The normalized spacial score (nSPS) is 18.4. The van der Waals surface area contributed by atoms with Crippen LogP contribution in [0.5, 0.6) is 0 Å². The average Bonchev–Trinajstić information content (AvgIpc) is 3.68. The molecular weight excluding hydrogens is 675 g/mol. The molecule has 47 heavy (non-hydrogen) atoms.